The normalized spacial score (nSPS) is 11.0. The Labute approximate surface area is 176 Å². The van der Waals surface area contributed by atoms with Gasteiger partial charge in [-0.3, -0.25) is 19.4 Å². The van der Waals surface area contributed by atoms with Gasteiger partial charge in [0.15, 0.2) is 10.8 Å². The first-order chi connectivity index (χ1) is 14.0. The molecule has 0 radical (unpaired) electrons. The summed E-state index contributed by atoms with van der Waals surface area (Å²) in [6, 6.07) is 10.9. The van der Waals surface area contributed by atoms with Crippen LogP contribution >= 0.6 is 22.9 Å². The summed E-state index contributed by atoms with van der Waals surface area (Å²) in [4.78, 5) is 24.0. The molecule has 4 aromatic rings. The molecule has 29 heavy (non-hydrogen) atoms. The highest BCUT2D eigenvalue weighted by atomic mass is 35.5. The van der Waals surface area contributed by atoms with Crippen LogP contribution in [-0.2, 0) is 13.6 Å². The number of carbonyl (C=O) groups excluding carboxylic acids is 1. The predicted molar refractivity (Wildman–Crippen MR) is 114 cm³/mol. The standard InChI is InChI=1S/C20H18ClN5O2S/c1-12-10-15(24-25(12)2)19(27)26(11-13-6-4-5-9-22-13)20-23-17-16(28-3)8-7-14(21)18(17)29-20/h4-10H,11H2,1-3H3. The Balaban J connectivity index is 1.82. The molecule has 0 N–H and O–H groups in total. The Morgan fingerprint density at radius 3 is 2.79 bits per heavy atom. The van der Waals surface area contributed by atoms with Crippen LogP contribution in [0.5, 0.6) is 5.75 Å². The fourth-order valence-electron chi connectivity index (χ4n) is 2.90. The van der Waals surface area contributed by atoms with E-state index in [1.54, 1.807) is 48.1 Å². The second-order valence-corrected chi connectivity index (χ2v) is 7.82. The number of carbonyl (C=O) groups is 1. The van der Waals surface area contributed by atoms with Gasteiger partial charge in [-0.25, -0.2) is 4.98 Å². The summed E-state index contributed by atoms with van der Waals surface area (Å²) in [6.07, 6.45) is 1.70. The maximum atomic E-state index is 13.4. The van der Waals surface area contributed by atoms with Crippen molar-refractivity contribution in [2.45, 2.75) is 13.5 Å². The average Bonchev–Trinajstić information content (AvgIpc) is 3.31. The number of fused-ring (bicyclic) bond motifs is 1. The quantitative estimate of drug-likeness (QED) is 0.476. The number of anilines is 1. The van der Waals surface area contributed by atoms with E-state index in [9.17, 15) is 4.79 Å². The summed E-state index contributed by atoms with van der Waals surface area (Å²) >= 11 is 7.70. The second-order valence-electron chi connectivity index (χ2n) is 6.43. The number of pyridine rings is 1. The van der Waals surface area contributed by atoms with Crippen LogP contribution in [0.3, 0.4) is 0 Å². The molecule has 4 rings (SSSR count). The molecule has 0 atom stereocenters. The number of halogens is 1. The maximum Gasteiger partial charge on any atom is 0.280 e. The Kier molecular flexibility index (Phi) is 5.21. The number of methoxy groups -OCH3 is 1. The molecular formula is C20H18ClN5O2S. The van der Waals surface area contributed by atoms with E-state index >= 15 is 0 Å². The van der Waals surface area contributed by atoms with Crippen LogP contribution in [0.4, 0.5) is 5.13 Å². The summed E-state index contributed by atoms with van der Waals surface area (Å²) < 4.78 is 7.84. The zero-order valence-corrected chi connectivity index (χ0v) is 17.7. The number of hydrogen-bond donors (Lipinski definition) is 0. The van der Waals surface area contributed by atoms with Gasteiger partial charge in [-0.1, -0.05) is 29.0 Å². The first kappa shape index (κ1) is 19.4. The molecule has 0 saturated carbocycles. The van der Waals surface area contributed by atoms with E-state index in [1.807, 2.05) is 25.1 Å². The molecule has 9 heteroatoms. The van der Waals surface area contributed by atoms with Gasteiger partial charge in [-0.2, -0.15) is 5.10 Å². The molecule has 0 aliphatic carbocycles. The zero-order chi connectivity index (χ0) is 20.5. The highest BCUT2D eigenvalue weighted by molar-refractivity contribution is 7.23. The van der Waals surface area contributed by atoms with Gasteiger partial charge in [0.25, 0.3) is 5.91 Å². The molecule has 0 spiro atoms. The van der Waals surface area contributed by atoms with Crippen LogP contribution in [0, 0.1) is 6.92 Å². The molecule has 0 bridgehead atoms. The van der Waals surface area contributed by atoms with Crippen molar-refractivity contribution in [2.75, 3.05) is 12.0 Å². The van der Waals surface area contributed by atoms with Crippen LogP contribution in [0.15, 0.2) is 42.6 Å². The van der Waals surface area contributed by atoms with Crippen molar-refractivity contribution in [3.05, 3.63) is 64.7 Å². The van der Waals surface area contributed by atoms with Gasteiger partial charge >= 0.3 is 0 Å². The number of rotatable bonds is 5. The Bertz CT molecular complexity index is 1170. The lowest BCUT2D eigenvalue weighted by atomic mass is 10.3. The first-order valence-electron chi connectivity index (χ1n) is 8.83. The lowest BCUT2D eigenvalue weighted by Gasteiger charge is -2.18. The minimum atomic E-state index is -0.256. The molecule has 3 aromatic heterocycles. The summed E-state index contributed by atoms with van der Waals surface area (Å²) in [7, 11) is 3.38. The number of amides is 1. The zero-order valence-electron chi connectivity index (χ0n) is 16.1. The fraction of sp³-hybridized carbons (Fsp3) is 0.200. The molecule has 0 aliphatic heterocycles. The molecule has 0 fully saturated rings. The molecule has 1 aromatic carbocycles. The molecular weight excluding hydrogens is 410 g/mol. The highest BCUT2D eigenvalue weighted by Gasteiger charge is 2.25. The van der Waals surface area contributed by atoms with Crippen molar-refractivity contribution in [3.8, 4) is 5.75 Å². The Hall–Kier alpha value is -2.97. The third kappa shape index (κ3) is 3.68. The van der Waals surface area contributed by atoms with Gasteiger partial charge in [0, 0.05) is 18.9 Å². The molecule has 0 aliphatic rings. The van der Waals surface area contributed by atoms with E-state index in [2.05, 4.69) is 15.1 Å². The number of hydrogen-bond acceptors (Lipinski definition) is 6. The largest absolute Gasteiger partial charge is 0.494 e. The monoisotopic (exact) mass is 427 g/mol. The molecule has 3 heterocycles. The van der Waals surface area contributed by atoms with E-state index in [0.717, 1.165) is 16.1 Å². The average molecular weight is 428 g/mol. The molecule has 0 unspecified atom stereocenters. The lowest BCUT2D eigenvalue weighted by Crippen LogP contribution is -2.31. The van der Waals surface area contributed by atoms with Gasteiger partial charge in [-0.05, 0) is 37.3 Å². The SMILES string of the molecule is COc1ccc(Cl)c2sc(N(Cc3ccccn3)C(=O)c3cc(C)n(C)n3)nc12. The van der Waals surface area contributed by atoms with E-state index < -0.39 is 0 Å². The molecule has 148 valence electrons. The van der Waals surface area contributed by atoms with Crippen LogP contribution in [0.25, 0.3) is 10.2 Å². The van der Waals surface area contributed by atoms with Crippen LogP contribution in [0.2, 0.25) is 5.02 Å². The van der Waals surface area contributed by atoms with Crippen LogP contribution in [-0.4, -0.2) is 32.8 Å². The summed E-state index contributed by atoms with van der Waals surface area (Å²) in [6.45, 7) is 2.16. The van der Waals surface area contributed by atoms with Gasteiger partial charge in [-0.15, -0.1) is 0 Å². The van der Waals surface area contributed by atoms with Crippen molar-refractivity contribution in [3.63, 3.8) is 0 Å². The molecule has 0 saturated heterocycles. The van der Waals surface area contributed by atoms with Crippen LogP contribution < -0.4 is 9.64 Å². The minimum Gasteiger partial charge on any atom is -0.494 e. The van der Waals surface area contributed by atoms with Gasteiger partial charge in [0.05, 0.1) is 29.1 Å². The fourth-order valence-corrected chi connectivity index (χ4v) is 4.16. The number of ether oxygens (including phenoxy) is 1. The Morgan fingerprint density at radius 1 is 1.31 bits per heavy atom. The summed E-state index contributed by atoms with van der Waals surface area (Å²) in [5.74, 6) is 0.347. The number of aromatic nitrogens is 4. The third-order valence-electron chi connectivity index (χ3n) is 4.52. The van der Waals surface area contributed by atoms with Crippen molar-refractivity contribution < 1.29 is 9.53 Å². The van der Waals surface area contributed by atoms with Gasteiger partial charge in [0.2, 0.25) is 0 Å². The lowest BCUT2D eigenvalue weighted by molar-refractivity contribution is 0.0979. The van der Waals surface area contributed by atoms with Crippen molar-refractivity contribution >= 4 is 44.2 Å². The van der Waals surface area contributed by atoms with Crippen LogP contribution in [0.1, 0.15) is 21.9 Å². The molecule has 7 nitrogen and oxygen atoms in total. The van der Waals surface area contributed by atoms with Gasteiger partial charge in [0.1, 0.15) is 11.3 Å². The third-order valence-corrected chi connectivity index (χ3v) is 6.06. The number of benzene rings is 1. The number of thiazole rings is 1. The topological polar surface area (TPSA) is 73.1 Å². The summed E-state index contributed by atoms with van der Waals surface area (Å²) in [5, 5.41) is 5.40. The van der Waals surface area contributed by atoms with E-state index in [0.29, 0.717) is 27.1 Å². The smallest absolute Gasteiger partial charge is 0.280 e. The van der Waals surface area contributed by atoms with E-state index in [-0.39, 0.29) is 12.5 Å². The van der Waals surface area contributed by atoms with E-state index in [1.165, 1.54) is 11.3 Å². The minimum absolute atomic E-state index is 0.256. The first-order valence-corrected chi connectivity index (χ1v) is 10.0. The maximum absolute atomic E-state index is 13.4. The van der Waals surface area contributed by atoms with E-state index in [4.69, 9.17) is 16.3 Å². The molecule has 1 amide bonds. The highest BCUT2D eigenvalue weighted by Crippen LogP contribution is 2.39. The van der Waals surface area contributed by atoms with Gasteiger partial charge < -0.3 is 4.74 Å². The van der Waals surface area contributed by atoms with Crippen molar-refractivity contribution in [2.24, 2.45) is 7.05 Å². The van der Waals surface area contributed by atoms with Crippen molar-refractivity contribution in [1.29, 1.82) is 0 Å². The predicted octanol–water partition coefficient (Wildman–Crippen LogP) is 4.24. The second kappa shape index (κ2) is 7.81. The summed E-state index contributed by atoms with van der Waals surface area (Å²) in [5.41, 5.74) is 2.60. The number of nitrogens with zero attached hydrogens (tertiary/aromatic N) is 5. The number of aryl methyl sites for hydroxylation is 2. The van der Waals surface area contributed by atoms with Crippen molar-refractivity contribution in [1.82, 2.24) is 19.7 Å². The Morgan fingerprint density at radius 2 is 2.14 bits per heavy atom.